The van der Waals surface area contributed by atoms with E-state index in [1.165, 1.54) is 54.6 Å². The Morgan fingerprint density at radius 3 is 1.62 bits per heavy atom. The molecule has 0 amide bonds. The smallest absolute Gasteiger partial charge is 0.145 e. The summed E-state index contributed by atoms with van der Waals surface area (Å²) in [5, 5.41) is 9.42. The van der Waals surface area contributed by atoms with E-state index in [9.17, 15) is 0 Å². The van der Waals surface area contributed by atoms with Crippen LogP contribution < -0.4 is 4.90 Å². The van der Waals surface area contributed by atoms with Crippen LogP contribution >= 0.6 is 0 Å². The molecule has 0 saturated heterocycles. The maximum absolute atomic E-state index is 6.90. The molecule has 0 unspecified atom stereocenters. The van der Waals surface area contributed by atoms with Crippen LogP contribution in [0.2, 0.25) is 0 Å². The Bertz CT molecular complexity index is 3230. The molecule has 0 atom stereocenters. The Morgan fingerprint density at radius 1 is 0.286 bits per heavy atom. The predicted octanol–water partition coefficient (Wildman–Crippen LogP) is 15.5. The summed E-state index contributed by atoms with van der Waals surface area (Å²) >= 11 is 0. The van der Waals surface area contributed by atoms with Gasteiger partial charge in [0.2, 0.25) is 0 Å². The molecule has 1 heterocycles. The van der Waals surface area contributed by atoms with Crippen LogP contribution in [0.3, 0.4) is 0 Å². The summed E-state index contributed by atoms with van der Waals surface area (Å²) in [6.07, 6.45) is 0. The van der Waals surface area contributed by atoms with Gasteiger partial charge in [-0.3, -0.25) is 0 Å². The van der Waals surface area contributed by atoms with Gasteiger partial charge in [-0.1, -0.05) is 182 Å². The first-order valence-corrected chi connectivity index (χ1v) is 19.2. The molecule has 262 valence electrons. The highest BCUT2D eigenvalue weighted by Crippen LogP contribution is 2.50. The van der Waals surface area contributed by atoms with Gasteiger partial charge in [0.05, 0.1) is 22.4 Å². The number of fused-ring (bicyclic) bond motifs is 7. The quantitative estimate of drug-likeness (QED) is 0.160. The summed E-state index contributed by atoms with van der Waals surface area (Å²) in [4.78, 5) is 2.47. The van der Waals surface area contributed by atoms with Gasteiger partial charge >= 0.3 is 0 Å². The van der Waals surface area contributed by atoms with Gasteiger partial charge in [0.15, 0.2) is 0 Å². The van der Waals surface area contributed by atoms with Crippen molar-refractivity contribution in [2.24, 2.45) is 0 Å². The Kier molecular flexibility index (Phi) is 7.53. The van der Waals surface area contributed by atoms with E-state index in [4.69, 9.17) is 4.42 Å². The van der Waals surface area contributed by atoms with Crippen molar-refractivity contribution in [1.29, 1.82) is 0 Å². The van der Waals surface area contributed by atoms with Gasteiger partial charge in [0.1, 0.15) is 11.2 Å². The van der Waals surface area contributed by atoms with E-state index in [1.807, 2.05) is 0 Å². The fourth-order valence-electron chi connectivity index (χ4n) is 8.66. The van der Waals surface area contributed by atoms with Crippen molar-refractivity contribution in [3.8, 4) is 33.4 Å². The van der Waals surface area contributed by atoms with Crippen molar-refractivity contribution in [2.45, 2.75) is 0 Å². The second-order valence-electron chi connectivity index (χ2n) is 14.4. The first-order chi connectivity index (χ1) is 27.8. The Balaban J connectivity index is 1.21. The van der Waals surface area contributed by atoms with E-state index in [0.29, 0.717) is 0 Å². The molecule has 0 aliphatic heterocycles. The lowest BCUT2D eigenvalue weighted by Crippen LogP contribution is -2.11. The van der Waals surface area contributed by atoms with Crippen LogP contribution in [-0.2, 0) is 0 Å². The molecule has 0 radical (unpaired) electrons. The monoisotopic (exact) mass is 713 g/mol. The second-order valence-corrected chi connectivity index (χ2v) is 14.4. The Morgan fingerprint density at radius 2 is 0.839 bits per heavy atom. The number of para-hydroxylation sites is 1. The molecule has 0 aliphatic rings. The SMILES string of the molecule is c1ccc(-c2ccc(-c3ccc(N(c4cccc5c(-c6ccccc6)cccc45)c4cccc5c4ccc4ccccc45)c4c3oc3ccccc34)cc2)cc1. The lowest BCUT2D eigenvalue weighted by Gasteiger charge is -2.29. The minimum atomic E-state index is 0.866. The van der Waals surface area contributed by atoms with Crippen molar-refractivity contribution >= 4 is 71.3 Å². The summed E-state index contributed by atoms with van der Waals surface area (Å²) in [7, 11) is 0. The lowest BCUT2D eigenvalue weighted by atomic mass is 9.95. The molecule has 56 heavy (non-hydrogen) atoms. The predicted molar refractivity (Wildman–Crippen MR) is 237 cm³/mol. The maximum atomic E-state index is 6.90. The van der Waals surface area contributed by atoms with Crippen LogP contribution in [0.5, 0.6) is 0 Å². The van der Waals surface area contributed by atoms with E-state index < -0.39 is 0 Å². The molecule has 0 saturated carbocycles. The number of hydrogen-bond donors (Lipinski definition) is 0. The number of rotatable bonds is 6. The van der Waals surface area contributed by atoms with Crippen molar-refractivity contribution in [3.63, 3.8) is 0 Å². The number of hydrogen-bond acceptors (Lipinski definition) is 2. The fraction of sp³-hybridized carbons (Fsp3) is 0. The second kappa shape index (κ2) is 13.2. The molecule has 11 rings (SSSR count). The van der Waals surface area contributed by atoms with Gasteiger partial charge in [0.25, 0.3) is 0 Å². The van der Waals surface area contributed by atoms with Crippen LogP contribution in [0.15, 0.2) is 217 Å². The van der Waals surface area contributed by atoms with Crippen molar-refractivity contribution in [1.82, 2.24) is 0 Å². The first kappa shape index (κ1) is 32.0. The minimum Gasteiger partial charge on any atom is -0.455 e. The first-order valence-electron chi connectivity index (χ1n) is 19.2. The standard InChI is InChI=1S/C54H35NO/c1-3-14-36(15-4-1)37-28-30-40(31-29-37)43-34-35-51(53-48-20-9-10-27-52(48)56-54(43)53)55(50-26-13-23-45-41-19-8-7-18-39(41)32-33-47(45)50)49-25-12-22-44-42(21-11-24-46(44)49)38-16-5-2-6-17-38/h1-35H. The van der Waals surface area contributed by atoms with E-state index >= 15 is 0 Å². The zero-order valence-corrected chi connectivity index (χ0v) is 30.6. The zero-order valence-electron chi connectivity index (χ0n) is 30.6. The summed E-state index contributed by atoms with van der Waals surface area (Å²) in [5.41, 5.74) is 12.0. The molecule has 1 aromatic heterocycles. The third kappa shape index (κ3) is 5.19. The molecule has 0 N–H and O–H groups in total. The Labute approximate surface area is 325 Å². The largest absolute Gasteiger partial charge is 0.455 e. The van der Waals surface area contributed by atoms with Crippen molar-refractivity contribution in [3.05, 3.63) is 212 Å². The van der Waals surface area contributed by atoms with E-state index in [0.717, 1.165) is 50.1 Å². The summed E-state index contributed by atoms with van der Waals surface area (Å²) in [6.45, 7) is 0. The number of benzene rings is 10. The average molecular weight is 714 g/mol. The lowest BCUT2D eigenvalue weighted by molar-refractivity contribution is 0.670. The van der Waals surface area contributed by atoms with Gasteiger partial charge in [0, 0.05) is 21.7 Å². The van der Waals surface area contributed by atoms with Crippen LogP contribution in [0.1, 0.15) is 0 Å². The highest BCUT2D eigenvalue weighted by Gasteiger charge is 2.25. The van der Waals surface area contributed by atoms with Gasteiger partial charge in [-0.15, -0.1) is 0 Å². The van der Waals surface area contributed by atoms with Crippen molar-refractivity contribution in [2.75, 3.05) is 4.90 Å². The molecular weight excluding hydrogens is 679 g/mol. The molecule has 11 aromatic rings. The summed E-state index contributed by atoms with van der Waals surface area (Å²) < 4.78 is 6.90. The van der Waals surface area contributed by atoms with Crippen LogP contribution in [0, 0.1) is 0 Å². The van der Waals surface area contributed by atoms with Gasteiger partial charge in [-0.2, -0.15) is 0 Å². The van der Waals surface area contributed by atoms with Crippen LogP contribution in [-0.4, -0.2) is 0 Å². The third-order valence-electron chi connectivity index (χ3n) is 11.3. The summed E-state index contributed by atoms with van der Waals surface area (Å²) in [6, 6.07) is 76.4. The number of furan rings is 1. The molecule has 0 bridgehead atoms. The molecular formula is C54H35NO. The molecule has 0 fully saturated rings. The zero-order chi connectivity index (χ0) is 37.0. The van der Waals surface area contributed by atoms with Gasteiger partial charge in [-0.25, -0.2) is 0 Å². The van der Waals surface area contributed by atoms with Gasteiger partial charge in [-0.05, 0) is 79.7 Å². The van der Waals surface area contributed by atoms with Crippen molar-refractivity contribution < 1.29 is 4.42 Å². The maximum Gasteiger partial charge on any atom is 0.145 e. The molecule has 0 aliphatic carbocycles. The van der Waals surface area contributed by atoms with Crippen LogP contribution in [0.25, 0.3) is 87.6 Å². The topological polar surface area (TPSA) is 16.4 Å². The fourth-order valence-corrected chi connectivity index (χ4v) is 8.66. The van der Waals surface area contributed by atoms with Crippen LogP contribution in [0.4, 0.5) is 17.1 Å². The Hall–Kier alpha value is -7.42. The molecule has 10 aromatic carbocycles. The van der Waals surface area contributed by atoms with E-state index in [1.54, 1.807) is 0 Å². The van der Waals surface area contributed by atoms with E-state index in [-0.39, 0.29) is 0 Å². The number of anilines is 3. The third-order valence-corrected chi connectivity index (χ3v) is 11.3. The molecule has 2 nitrogen and oxygen atoms in total. The minimum absolute atomic E-state index is 0.866. The van der Waals surface area contributed by atoms with E-state index in [2.05, 4.69) is 217 Å². The normalized spacial score (nSPS) is 11.6. The highest BCUT2D eigenvalue weighted by atomic mass is 16.3. The van der Waals surface area contributed by atoms with Gasteiger partial charge < -0.3 is 9.32 Å². The molecule has 0 spiro atoms. The average Bonchev–Trinajstić information content (AvgIpc) is 3.67. The summed E-state index contributed by atoms with van der Waals surface area (Å²) in [5.74, 6) is 0. The highest BCUT2D eigenvalue weighted by molar-refractivity contribution is 6.20. The number of nitrogens with zero attached hydrogens (tertiary/aromatic N) is 1. The molecule has 2 heteroatoms.